The Morgan fingerprint density at radius 3 is 2.23 bits per heavy atom. The smallest absolute Gasteiger partial charge is 0.269 e. The highest BCUT2D eigenvalue weighted by Gasteiger charge is 2.43. The summed E-state index contributed by atoms with van der Waals surface area (Å²) < 4.78 is 0. The molecule has 0 N–H and O–H groups in total. The standard InChI is InChI=1S/C22H24N4O4/c1-15-3-8-19(16(2)13-15)25-21(27)14-20(22(25)28)24-11-9-23(10-12-24)17-4-6-18(7-5-17)26(29)30/h3-8,13,20H,9-12,14H2,1-2H3/t20-/m1/s1. The SMILES string of the molecule is Cc1ccc(N2C(=O)C[C@@H](N3CCN(c4ccc([N+](=O)[O-])cc4)CC3)C2=O)c(C)c1. The molecule has 2 aromatic carbocycles. The van der Waals surface area contributed by atoms with Crippen molar-refractivity contribution >= 4 is 28.9 Å². The third kappa shape index (κ3) is 3.66. The van der Waals surface area contributed by atoms with Crippen LogP contribution in [0.15, 0.2) is 42.5 Å². The van der Waals surface area contributed by atoms with Gasteiger partial charge in [-0.15, -0.1) is 0 Å². The molecular formula is C22H24N4O4. The van der Waals surface area contributed by atoms with Crippen LogP contribution in [0.4, 0.5) is 17.1 Å². The molecule has 8 heteroatoms. The van der Waals surface area contributed by atoms with Gasteiger partial charge < -0.3 is 4.90 Å². The van der Waals surface area contributed by atoms with Gasteiger partial charge in [-0.2, -0.15) is 0 Å². The van der Waals surface area contributed by atoms with Crippen molar-refractivity contribution in [1.29, 1.82) is 0 Å². The Labute approximate surface area is 174 Å². The van der Waals surface area contributed by atoms with E-state index in [-0.39, 0.29) is 23.9 Å². The van der Waals surface area contributed by atoms with Gasteiger partial charge in [0.15, 0.2) is 0 Å². The average Bonchev–Trinajstić information content (AvgIpc) is 3.02. The van der Waals surface area contributed by atoms with E-state index in [0.29, 0.717) is 31.9 Å². The van der Waals surface area contributed by atoms with Crippen LogP contribution in [0.3, 0.4) is 0 Å². The molecule has 0 unspecified atom stereocenters. The minimum atomic E-state index is -0.433. The number of hydrogen-bond donors (Lipinski definition) is 0. The summed E-state index contributed by atoms with van der Waals surface area (Å²) in [6.07, 6.45) is 0.198. The second kappa shape index (κ2) is 7.87. The molecule has 156 valence electrons. The molecule has 0 aromatic heterocycles. The molecule has 2 aliphatic rings. The highest BCUT2D eigenvalue weighted by Crippen LogP contribution is 2.30. The monoisotopic (exact) mass is 408 g/mol. The molecule has 4 rings (SSSR count). The van der Waals surface area contributed by atoms with Crippen LogP contribution in [0.1, 0.15) is 17.5 Å². The second-order valence-electron chi connectivity index (χ2n) is 7.87. The van der Waals surface area contributed by atoms with Crippen LogP contribution in [0.2, 0.25) is 0 Å². The maximum absolute atomic E-state index is 13.1. The summed E-state index contributed by atoms with van der Waals surface area (Å²) in [7, 11) is 0. The Kier molecular flexibility index (Phi) is 5.26. The minimum absolute atomic E-state index is 0.0685. The Morgan fingerprint density at radius 2 is 1.63 bits per heavy atom. The third-order valence-corrected chi connectivity index (χ3v) is 5.90. The molecular weight excluding hydrogens is 384 g/mol. The summed E-state index contributed by atoms with van der Waals surface area (Å²) in [5.74, 6) is -0.314. The number of rotatable bonds is 4. The lowest BCUT2D eigenvalue weighted by Gasteiger charge is -2.38. The summed E-state index contributed by atoms with van der Waals surface area (Å²) in [4.78, 5) is 41.7. The number of non-ortho nitro benzene ring substituents is 1. The molecule has 0 spiro atoms. The molecule has 30 heavy (non-hydrogen) atoms. The van der Waals surface area contributed by atoms with E-state index in [1.165, 1.54) is 17.0 Å². The van der Waals surface area contributed by atoms with Crippen molar-refractivity contribution in [1.82, 2.24) is 4.90 Å². The molecule has 1 atom stereocenters. The molecule has 2 fully saturated rings. The first-order chi connectivity index (χ1) is 14.3. The Balaban J connectivity index is 1.43. The summed E-state index contributed by atoms with van der Waals surface area (Å²) in [5.41, 5.74) is 3.67. The van der Waals surface area contributed by atoms with Crippen molar-refractivity contribution < 1.29 is 14.5 Å². The average molecular weight is 408 g/mol. The van der Waals surface area contributed by atoms with E-state index in [0.717, 1.165) is 16.8 Å². The van der Waals surface area contributed by atoms with Crippen molar-refractivity contribution in [3.05, 3.63) is 63.7 Å². The molecule has 2 aliphatic heterocycles. The number of carbonyl (C=O) groups is 2. The summed E-state index contributed by atoms with van der Waals surface area (Å²) >= 11 is 0. The van der Waals surface area contributed by atoms with Crippen LogP contribution < -0.4 is 9.80 Å². The quantitative estimate of drug-likeness (QED) is 0.439. The van der Waals surface area contributed by atoms with Crippen molar-refractivity contribution in [2.45, 2.75) is 26.3 Å². The third-order valence-electron chi connectivity index (χ3n) is 5.90. The molecule has 2 amide bonds. The van der Waals surface area contributed by atoms with E-state index in [2.05, 4.69) is 9.80 Å². The van der Waals surface area contributed by atoms with E-state index in [4.69, 9.17) is 0 Å². The molecule has 2 aromatic rings. The number of benzene rings is 2. The predicted octanol–water partition coefficient (Wildman–Crippen LogP) is 2.67. The lowest BCUT2D eigenvalue weighted by atomic mass is 10.1. The van der Waals surface area contributed by atoms with Crippen molar-refractivity contribution in [2.75, 3.05) is 36.0 Å². The Hall–Kier alpha value is -3.26. The van der Waals surface area contributed by atoms with Crippen molar-refractivity contribution in [2.24, 2.45) is 0 Å². The van der Waals surface area contributed by atoms with Gasteiger partial charge in [0, 0.05) is 44.0 Å². The summed E-state index contributed by atoms with van der Waals surface area (Å²) in [6.45, 7) is 6.60. The lowest BCUT2D eigenvalue weighted by molar-refractivity contribution is -0.384. The highest BCUT2D eigenvalue weighted by molar-refractivity contribution is 6.22. The van der Waals surface area contributed by atoms with Crippen molar-refractivity contribution in [3.63, 3.8) is 0 Å². The number of carbonyl (C=O) groups excluding carboxylic acids is 2. The number of anilines is 2. The van der Waals surface area contributed by atoms with Crippen LogP contribution in [0.5, 0.6) is 0 Å². The normalized spacial score (nSPS) is 20.1. The van der Waals surface area contributed by atoms with Crippen LogP contribution in [-0.2, 0) is 9.59 Å². The number of nitro benzene ring substituents is 1. The number of nitro groups is 1. The summed E-state index contributed by atoms with van der Waals surface area (Å²) in [6, 6.07) is 11.8. The largest absolute Gasteiger partial charge is 0.369 e. The van der Waals surface area contributed by atoms with Gasteiger partial charge in [0.25, 0.3) is 11.6 Å². The lowest BCUT2D eigenvalue weighted by Crippen LogP contribution is -2.52. The van der Waals surface area contributed by atoms with Gasteiger partial charge in [-0.25, -0.2) is 4.90 Å². The van der Waals surface area contributed by atoms with Crippen LogP contribution in [0.25, 0.3) is 0 Å². The van der Waals surface area contributed by atoms with Crippen LogP contribution in [-0.4, -0.2) is 53.9 Å². The zero-order valence-corrected chi connectivity index (χ0v) is 17.1. The molecule has 8 nitrogen and oxygen atoms in total. The Bertz CT molecular complexity index is 997. The molecule has 2 saturated heterocycles. The first-order valence-corrected chi connectivity index (χ1v) is 10.0. The first kappa shape index (κ1) is 20.0. The van der Waals surface area contributed by atoms with Gasteiger partial charge in [-0.3, -0.25) is 24.6 Å². The fourth-order valence-electron chi connectivity index (χ4n) is 4.29. The van der Waals surface area contributed by atoms with Gasteiger partial charge >= 0.3 is 0 Å². The van der Waals surface area contributed by atoms with Gasteiger partial charge in [0.2, 0.25) is 5.91 Å². The first-order valence-electron chi connectivity index (χ1n) is 10.0. The fourth-order valence-corrected chi connectivity index (χ4v) is 4.29. The number of piperazine rings is 1. The van der Waals surface area contributed by atoms with Crippen molar-refractivity contribution in [3.8, 4) is 0 Å². The van der Waals surface area contributed by atoms with E-state index >= 15 is 0 Å². The zero-order chi connectivity index (χ0) is 21.4. The molecule has 0 aliphatic carbocycles. The Morgan fingerprint density at radius 1 is 0.967 bits per heavy atom. The number of nitrogens with zero attached hydrogens (tertiary/aromatic N) is 4. The van der Waals surface area contributed by atoms with E-state index in [9.17, 15) is 19.7 Å². The zero-order valence-electron chi connectivity index (χ0n) is 17.1. The van der Waals surface area contributed by atoms with Gasteiger partial charge in [0.1, 0.15) is 0 Å². The summed E-state index contributed by atoms with van der Waals surface area (Å²) in [5, 5.41) is 10.8. The number of amides is 2. The number of hydrogen-bond acceptors (Lipinski definition) is 6. The molecule has 0 bridgehead atoms. The van der Waals surface area contributed by atoms with Gasteiger partial charge in [0.05, 0.1) is 23.1 Å². The maximum atomic E-state index is 13.1. The highest BCUT2D eigenvalue weighted by atomic mass is 16.6. The number of aryl methyl sites for hydroxylation is 2. The van der Waals surface area contributed by atoms with E-state index in [1.54, 1.807) is 12.1 Å². The van der Waals surface area contributed by atoms with E-state index < -0.39 is 11.0 Å². The number of imide groups is 1. The molecule has 2 heterocycles. The van der Waals surface area contributed by atoms with E-state index in [1.807, 2.05) is 32.0 Å². The van der Waals surface area contributed by atoms with Gasteiger partial charge in [-0.05, 0) is 37.6 Å². The van der Waals surface area contributed by atoms with Gasteiger partial charge in [-0.1, -0.05) is 17.7 Å². The fraction of sp³-hybridized carbons (Fsp3) is 0.364. The second-order valence-corrected chi connectivity index (χ2v) is 7.87. The molecule has 0 saturated carbocycles. The maximum Gasteiger partial charge on any atom is 0.269 e. The predicted molar refractivity (Wildman–Crippen MR) is 114 cm³/mol. The topological polar surface area (TPSA) is 87.0 Å². The molecule has 0 radical (unpaired) electrons. The van der Waals surface area contributed by atoms with Crippen LogP contribution in [0, 0.1) is 24.0 Å². The minimum Gasteiger partial charge on any atom is -0.369 e. The van der Waals surface area contributed by atoms with Crippen LogP contribution >= 0.6 is 0 Å².